The Kier molecular flexibility index (Phi) is 8.93. The zero-order chi connectivity index (χ0) is 29.1. The summed E-state index contributed by atoms with van der Waals surface area (Å²) in [6.45, 7) is 4.09. The van der Waals surface area contributed by atoms with Gasteiger partial charge in [0.15, 0.2) is 17.4 Å². The fourth-order valence-corrected chi connectivity index (χ4v) is 5.60. The fourth-order valence-electron chi connectivity index (χ4n) is 4.09. The number of hydrogen-bond donors (Lipinski definition) is 3. The lowest BCUT2D eigenvalue weighted by Gasteiger charge is -2.27. The summed E-state index contributed by atoms with van der Waals surface area (Å²) < 4.78 is 47.7. The molecular formula is C24H32N5O10P. The Bertz CT molecular complexity index is 1370. The molecule has 3 aromatic rings. The van der Waals surface area contributed by atoms with Crippen molar-refractivity contribution in [2.24, 2.45) is 0 Å². The highest BCUT2D eigenvalue weighted by atomic mass is 31.2. The summed E-state index contributed by atoms with van der Waals surface area (Å²) in [6, 6.07) is 7.14. The van der Waals surface area contributed by atoms with Crippen molar-refractivity contribution < 1.29 is 47.6 Å². The quantitative estimate of drug-likeness (QED) is 0.207. The summed E-state index contributed by atoms with van der Waals surface area (Å²) in [5.41, 5.74) is -1.39. The second-order valence-corrected chi connectivity index (χ2v) is 10.7. The highest BCUT2D eigenvalue weighted by Crippen LogP contribution is 2.47. The smallest absolute Gasteiger partial charge is 0.459 e. The molecule has 0 radical (unpaired) electrons. The van der Waals surface area contributed by atoms with Crippen molar-refractivity contribution in [3.05, 3.63) is 36.7 Å². The van der Waals surface area contributed by atoms with Crippen LogP contribution in [0.5, 0.6) is 17.6 Å². The van der Waals surface area contributed by atoms with Gasteiger partial charge in [0.2, 0.25) is 5.88 Å². The molecule has 15 nitrogen and oxygen atoms in total. The Morgan fingerprint density at radius 3 is 2.62 bits per heavy atom. The van der Waals surface area contributed by atoms with Gasteiger partial charge in [-0.05, 0) is 32.9 Å². The average Bonchev–Trinajstić information content (AvgIpc) is 3.45. The molecule has 16 heteroatoms. The molecule has 0 amide bonds. The van der Waals surface area contributed by atoms with Gasteiger partial charge in [0, 0.05) is 0 Å². The predicted molar refractivity (Wildman–Crippen MR) is 139 cm³/mol. The zero-order valence-corrected chi connectivity index (χ0v) is 23.5. The number of carbonyl (C=O) groups excluding carboxylic acids is 1. The number of hydrogen-bond acceptors (Lipinski definition) is 13. The molecule has 40 heavy (non-hydrogen) atoms. The van der Waals surface area contributed by atoms with Crippen molar-refractivity contribution in [1.29, 1.82) is 0 Å². The normalized spacial score (nSPS) is 24.8. The number of ether oxygens (including phenoxy) is 4. The lowest BCUT2D eigenvalue weighted by molar-refractivity contribution is -0.144. The first-order valence-corrected chi connectivity index (χ1v) is 13.9. The van der Waals surface area contributed by atoms with E-state index in [0.717, 1.165) is 0 Å². The van der Waals surface area contributed by atoms with E-state index in [4.69, 9.17) is 28.0 Å². The number of fused-ring (bicyclic) bond motifs is 1. The van der Waals surface area contributed by atoms with Crippen LogP contribution in [0.1, 0.15) is 27.0 Å². The predicted octanol–water partition coefficient (Wildman–Crippen LogP) is 1.60. The van der Waals surface area contributed by atoms with Crippen LogP contribution in [0.4, 0.5) is 0 Å². The lowest BCUT2D eigenvalue weighted by atomic mass is 9.96. The van der Waals surface area contributed by atoms with Gasteiger partial charge < -0.3 is 33.7 Å². The largest absolute Gasteiger partial charge is 0.479 e. The molecule has 1 saturated heterocycles. The minimum atomic E-state index is -4.23. The van der Waals surface area contributed by atoms with Gasteiger partial charge in [0.05, 0.1) is 33.8 Å². The number of imidazole rings is 1. The summed E-state index contributed by atoms with van der Waals surface area (Å²) in [5.74, 6) is -0.318. The molecule has 2 aromatic heterocycles. The first-order chi connectivity index (χ1) is 19.0. The molecular weight excluding hydrogens is 549 g/mol. The number of para-hydroxylation sites is 1. The summed E-state index contributed by atoms with van der Waals surface area (Å²) in [4.78, 5) is 24.8. The number of nitrogens with one attached hydrogen (secondary N) is 1. The van der Waals surface area contributed by atoms with E-state index in [1.54, 1.807) is 37.3 Å². The van der Waals surface area contributed by atoms with E-state index in [-0.39, 0.29) is 35.4 Å². The van der Waals surface area contributed by atoms with E-state index >= 15 is 0 Å². The molecule has 1 unspecified atom stereocenters. The van der Waals surface area contributed by atoms with E-state index in [1.807, 2.05) is 0 Å². The molecule has 3 heterocycles. The van der Waals surface area contributed by atoms with Crippen molar-refractivity contribution in [1.82, 2.24) is 24.6 Å². The van der Waals surface area contributed by atoms with Crippen LogP contribution in [-0.4, -0.2) is 87.0 Å². The number of aliphatic hydroxyl groups excluding tert-OH is 1. The van der Waals surface area contributed by atoms with Crippen LogP contribution in [0, 0.1) is 0 Å². The number of rotatable bonds is 12. The monoisotopic (exact) mass is 581 g/mol. The van der Waals surface area contributed by atoms with E-state index in [1.165, 1.54) is 39.0 Å². The molecule has 6 atom stereocenters. The third-order valence-corrected chi connectivity index (χ3v) is 7.77. The van der Waals surface area contributed by atoms with Crippen LogP contribution in [-0.2, 0) is 23.4 Å². The Labute approximate surface area is 229 Å². The van der Waals surface area contributed by atoms with Gasteiger partial charge >= 0.3 is 19.7 Å². The van der Waals surface area contributed by atoms with E-state index in [0.29, 0.717) is 0 Å². The van der Waals surface area contributed by atoms with Crippen molar-refractivity contribution in [3.8, 4) is 17.6 Å². The highest BCUT2D eigenvalue weighted by Gasteiger charge is 2.54. The number of carbonyl (C=O) groups is 1. The average molecular weight is 582 g/mol. The molecule has 0 saturated carbocycles. The molecule has 1 fully saturated rings. The van der Waals surface area contributed by atoms with Gasteiger partial charge in [-0.15, -0.1) is 0 Å². The number of methoxy groups -OCH3 is 2. The molecule has 0 bridgehead atoms. The van der Waals surface area contributed by atoms with Crippen LogP contribution in [0.15, 0.2) is 36.7 Å². The minimum Gasteiger partial charge on any atom is -0.479 e. The lowest BCUT2D eigenvalue weighted by Crippen LogP contribution is -2.44. The molecule has 1 aliphatic rings. The van der Waals surface area contributed by atoms with E-state index in [2.05, 4.69) is 20.0 Å². The molecule has 4 rings (SSSR count). The summed E-state index contributed by atoms with van der Waals surface area (Å²) in [5, 5.41) is 24.8. The van der Waals surface area contributed by atoms with Gasteiger partial charge in [-0.3, -0.25) is 13.9 Å². The number of aliphatic hydroxyl groups is 2. The molecule has 1 aromatic carbocycles. The Balaban J connectivity index is 1.58. The highest BCUT2D eigenvalue weighted by molar-refractivity contribution is 7.52. The molecule has 3 N–H and O–H groups in total. The number of aromatic nitrogens is 4. The van der Waals surface area contributed by atoms with E-state index in [9.17, 15) is 19.6 Å². The third kappa shape index (κ3) is 6.04. The first-order valence-electron chi connectivity index (χ1n) is 12.3. The van der Waals surface area contributed by atoms with Gasteiger partial charge in [0.25, 0.3) is 0 Å². The molecule has 0 spiro atoms. The first kappa shape index (κ1) is 29.6. The Hall–Kier alpha value is -3.33. The third-order valence-electron chi connectivity index (χ3n) is 6.12. The van der Waals surface area contributed by atoms with Crippen molar-refractivity contribution >= 4 is 24.9 Å². The van der Waals surface area contributed by atoms with Crippen LogP contribution in [0.25, 0.3) is 11.2 Å². The second-order valence-electron chi connectivity index (χ2n) is 9.04. The van der Waals surface area contributed by atoms with E-state index < -0.39 is 50.4 Å². The SMILES string of the molecule is CCOC(=O)[C@H](C)NP(=O)(OC[C@H]1O[C@@H](n2cnc3c(OC)nc(OC)nc32)[C@](C)(O)[C@@H]1O)Oc1ccccc1. The maximum absolute atomic E-state index is 13.7. The Morgan fingerprint density at radius 2 is 1.98 bits per heavy atom. The Morgan fingerprint density at radius 1 is 1.25 bits per heavy atom. The van der Waals surface area contributed by atoms with Gasteiger partial charge in [-0.2, -0.15) is 15.1 Å². The summed E-state index contributed by atoms with van der Waals surface area (Å²) >= 11 is 0. The van der Waals surface area contributed by atoms with Crippen LogP contribution < -0.4 is 19.1 Å². The topological polar surface area (TPSA) is 186 Å². The summed E-state index contributed by atoms with van der Waals surface area (Å²) in [7, 11) is -1.44. The molecule has 218 valence electrons. The molecule has 1 aliphatic heterocycles. The van der Waals surface area contributed by atoms with Crippen molar-refractivity contribution in [2.75, 3.05) is 27.4 Å². The van der Waals surface area contributed by atoms with Crippen LogP contribution >= 0.6 is 7.75 Å². The zero-order valence-electron chi connectivity index (χ0n) is 22.6. The number of nitrogens with zero attached hydrogens (tertiary/aromatic N) is 4. The van der Waals surface area contributed by atoms with Gasteiger partial charge in [-0.1, -0.05) is 18.2 Å². The number of esters is 1. The maximum atomic E-state index is 13.7. The minimum absolute atomic E-state index is 0.00929. The van der Waals surface area contributed by atoms with Gasteiger partial charge in [0.1, 0.15) is 29.6 Å². The maximum Gasteiger partial charge on any atom is 0.459 e. The van der Waals surface area contributed by atoms with Crippen molar-refractivity contribution in [3.63, 3.8) is 0 Å². The van der Waals surface area contributed by atoms with Crippen molar-refractivity contribution in [2.45, 2.75) is 50.8 Å². The van der Waals surface area contributed by atoms with Crippen LogP contribution in [0.3, 0.4) is 0 Å². The molecule has 0 aliphatic carbocycles. The van der Waals surface area contributed by atoms with Gasteiger partial charge in [-0.25, -0.2) is 9.55 Å². The standard InChI is InChI=1S/C24H32N5O10P/c1-6-36-21(31)14(2)28-40(33,39-15-10-8-7-9-11-15)37-12-16-18(30)24(3,32)22(38-16)29-13-25-17-19(29)26-23(35-5)27-20(17)34-4/h7-11,13-14,16,18,22,30,32H,6,12H2,1-5H3,(H,28,33)/t14-,16+,18+,22+,24+,40?/m0/s1. The number of benzene rings is 1. The summed E-state index contributed by atoms with van der Waals surface area (Å²) in [6.07, 6.45) is -2.54. The second kappa shape index (κ2) is 12.0. The van der Waals surface area contributed by atoms with Crippen LogP contribution in [0.2, 0.25) is 0 Å². The fraction of sp³-hybridized carbons (Fsp3) is 0.500.